The third-order valence-electron chi connectivity index (χ3n) is 4.48. The molecule has 0 saturated heterocycles. The van der Waals surface area contributed by atoms with Crippen LogP contribution in [0.15, 0.2) is 30.4 Å². The first-order chi connectivity index (χ1) is 9.98. The minimum absolute atomic E-state index is 0.0252. The van der Waals surface area contributed by atoms with E-state index in [0.29, 0.717) is 17.7 Å². The zero-order valence-corrected chi connectivity index (χ0v) is 12.0. The normalized spacial score (nSPS) is 32.2. The molecule has 0 aromatic heterocycles. The third kappa shape index (κ3) is 1.72. The molecule has 2 aliphatic carbocycles. The summed E-state index contributed by atoms with van der Waals surface area (Å²) >= 11 is 0. The molecule has 1 heterocycles. The van der Waals surface area contributed by atoms with Crippen LogP contribution >= 0.6 is 0 Å². The van der Waals surface area contributed by atoms with Crippen LogP contribution in [-0.2, 0) is 9.53 Å². The van der Waals surface area contributed by atoms with Crippen molar-refractivity contribution in [2.45, 2.75) is 32.2 Å². The van der Waals surface area contributed by atoms with Crippen LogP contribution in [0, 0.1) is 11.8 Å². The average Bonchev–Trinajstić information content (AvgIpc) is 2.42. The van der Waals surface area contributed by atoms with Gasteiger partial charge in [-0.05, 0) is 18.6 Å². The molecule has 0 radical (unpaired) electrons. The van der Waals surface area contributed by atoms with E-state index in [1.165, 1.54) is 0 Å². The zero-order chi connectivity index (χ0) is 14.8. The number of ketones is 2. The van der Waals surface area contributed by atoms with Crippen molar-refractivity contribution in [3.63, 3.8) is 0 Å². The maximum absolute atomic E-state index is 12.7. The Labute approximate surface area is 122 Å². The topological polar surface area (TPSA) is 52.6 Å². The molecule has 0 spiro atoms. The van der Waals surface area contributed by atoms with E-state index in [0.717, 1.165) is 5.56 Å². The highest BCUT2D eigenvalue weighted by molar-refractivity contribution is 6.07. The highest BCUT2D eigenvalue weighted by atomic mass is 16.7. The fourth-order valence-electron chi connectivity index (χ4n) is 3.66. The Hall–Kier alpha value is -1.94. The second-order valence-electron chi connectivity index (χ2n) is 6.29. The first-order valence-electron chi connectivity index (χ1n) is 7.22. The second kappa shape index (κ2) is 4.04. The number of hydrogen-bond donors (Lipinski definition) is 0. The Kier molecular flexibility index (Phi) is 2.46. The molecule has 0 N–H and O–H groups in total. The van der Waals surface area contributed by atoms with Crippen molar-refractivity contribution >= 4 is 11.6 Å². The summed E-state index contributed by atoms with van der Waals surface area (Å²) in [5.41, 5.74) is 1.38. The Balaban J connectivity index is 1.96. The van der Waals surface area contributed by atoms with Gasteiger partial charge >= 0.3 is 0 Å². The Bertz CT molecular complexity index is 686. The Morgan fingerprint density at radius 1 is 1.24 bits per heavy atom. The predicted molar refractivity (Wildman–Crippen MR) is 75.0 cm³/mol. The van der Waals surface area contributed by atoms with E-state index in [2.05, 4.69) is 0 Å². The van der Waals surface area contributed by atoms with Gasteiger partial charge in [-0.3, -0.25) is 9.59 Å². The van der Waals surface area contributed by atoms with Crippen molar-refractivity contribution in [1.82, 2.24) is 0 Å². The second-order valence-corrected chi connectivity index (χ2v) is 6.29. The van der Waals surface area contributed by atoms with E-state index in [-0.39, 0.29) is 17.5 Å². The molecule has 0 unspecified atom stereocenters. The Morgan fingerprint density at radius 3 is 2.86 bits per heavy atom. The summed E-state index contributed by atoms with van der Waals surface area (Å²) in [6.07, 6.45) is 3.56. The van der Waals surface area contributed by atoms with Gasteiger partial charge in [0.1, 0.15) is 11.9 Å². The number of hydrogen-bond acceptors (Lipinski definition) is 4. The van der Waals surface area contributed by atoms with Crippen LogP contribution in [0.2, 0.25) is 0 Å². The van der Waals surface area contributed by atoms with Gasteiger partial charge in [0.15, 0.2) is 11.6 Å². The first-order valence-corrected chi connectivity index (χ1v) is 7.22. The molecule has 1 aliphatic heterocycles. The number of Topliss-reactive ketones (excluding diaryl/α,β-unsaturated/α-hetero) is 1. The van der Waals surface area contributed by atoms with Crippen LogP contribution in [0.25, 0.3) is 0 Å². The van der Waals surface area contributed by atoms with Gasteiger partial charge in [-0.25, -0.2) is 0 Å². The fourth-order valence-corrected chi connectivity index (χ4v) is 3.66. The first kappa shape index (κ1) is 12.8. The number of fused-ring (bicyclic) bond motifs is 2. The minimum Gasteiger partial charge on any atom is -0.463 e. The highest BCUT2D eigenvalue weighted by Crippen LogP contribution is 2.51. The van der Waals surface area contributed by atoms with Crippen LogP contribution in [-0.4, -0.2) is 17.4 Å². The van der Waals surface area contributed by atoms with E-state index in [4.69, 9.17) is 9.47 Å². The van der Waals surface area contributed by atoms with Gasteiger partial charge in [0.05, 0.1) is 5.92 Å². The molecular formula is C17H16O4. The van der Waals surface area contributed by atoms with Gasteiger partial charge in [0.25, 0.3) is 0 Å². The van der Waals surface area contributed by atoms with Gasteiger partial charge in [0, 0.05) is 30.9 Å². The molecule has 1 aromatic carbocycles. The summed E-state index contributed by atoms with van der Waals surface area (Å²) in [5, 5.41) is 0. The van der Waals surface area contributed by atoms with Crippen molar-refractivity contribution in [1.29, 1.82) is 0 Å². The summed E-state index contributed by atoms with van der Waals surface area (Å²) in [7, 11) is 0. The fraction of sp³-hybridized carbons (Fsp3) is 0.412. The van der Waals surface area contributed by atoms with E-state index < -0.39 is 17.8 Å². The van der Waals surface area contributed by atoms with Gasteiger partial charge in [-0.2, -0.15) is 0 Å². The smallest absolute Gasteiger partial charge is 0.205 e. The molecule has 4 nitrogen and oxygen atoms in total. The maximum Gasteiger partial charge on any atom is 0.205 e. The lowest BCUT2D eigenvalue weighted by atomic mass is 9.67. The van der Waals surface area contributed by atoms with Crippen molar-refractivity contribution in [3.8, 4) is 5.75 Å². The quantitative estimate of drug-likeness (QED) is 0.735. The molecule has 0 fully saturated rings. The number of allylic oxidation sites excluding steroid dienone is 2. The summed E-state index contributed by atoms with van der Waals surface area (Å²) in [6.45, 7) is 3.66. The predicted octanol–water partition coefficient (Wildman–Crippen LogP) is 2.83. The standard InChI is InChI=1S/C17H16O4/c1-17(2)20-12-8-4-6-10-14(12)16(21-17)13-9(15(10)19)5-3-7-11(13)18/h3-4,6-9,13,16H,5H2,1-2H3/t9-,13-,16+/m1/s1. The van der Waals surface area contributed by atoms with E-state index in [1.807, 2.05) is 26.0 Å². The zero-order valence-electron chi connectivity index (χ0n) is 12.0. The highest BCUT2D eigenvalue weighted by Gasteiger charge is 2.51. The van der Waals surface area contributed by atoms with Crippen LogP contribution in [0.4, 0.5) is 0 Å². The molecule has 4 rings (SSSR count). The summed E-state index contributed by atoms with van der Waals surface area (Å²) < 4.78 is 11.9. The van der Waals surface area contributed by atoms with E-state index in [9.17, 15) is 9.59 Å². The lowest BCUT2D eigenvalue weighted by molar-refractivity contribution is -0.222. The molecule has 108 valence electrons. The van der Waals surface area contributed by atoms with Crippen LogP contribution in [0.3, 0.4) is 0 Å². The largest absolute Gasteiger partial charge is 0.463 e. The Morgan fingerprint density at radius 2 is 2.05 bits per heavy atom. The number of carbonyl (C=O) groups is 2. The van der Waals surface area contributed by atoms with Crippen LogP contribution in [0.5, 0.6) is 5.75 Å². The lowest BCUT2D eigenvalue weighted by Crippen LogP contribution is -2.48. The number of benzene rings is 1. The summed E-state index contributed by atoms with van der Waals surface area (Å²) in [4.78, 5) is 25.0. The van der Waals surface area contributed by atoms with Gasteiger partial charge < -0.3 is 9.47 Å². The minimum atomic E-state index is -0.803. The molecule has 0 saturated carbocycles. The van der Waals surface area contributed by atoms with Gasteiger partial charge in [-0.15, -0.1) is 0 Å². The van der Waals surface area contributed by atoms with E-state index in [1.54, 1.807) is 18.2 Å². The molecule has 4 heteroatoms. The summed E-state index contributed by atoms with van der Waals surface area (Å²) in [5.74, 6) is -0.894. The molecule has 3 atom stereocenters. The molecule has 1 aromatic rings. The van der Waals surface area contributed by atoms with Crippen molar-refractivity contribution < 1.29 is 19.1 Å². The molecule has 21 heavy (non-hydrogen) atoms. The lowest BCUT2D eigenvalue weighted by Gasteiger charge is -2.46. The summed E-state index contributed by atoms with van der Waals surface area (Å²) in [6, 6.07) is 5.47. The van der Waals surface area contributed by atoms with E-state index >= 15 is 0 Å². The average molecular weight is 284 g/mol. The van der Waals surface area contributed by atoms with Gasteiger partial charge in [-0.1, -0.05) is 18.2 Å². The van der Waals surface area contributed by atoms with Gasteiger partial charge in [0.2, 0.25) is 5.79 Å². The number of rotatable bonds is 0. The van der Waals surface area contributed by atoms with Crippen molar-refractivity contribution in [2.75, 3.05) is 0 Å². The number of ether oxygens (including phenoxy) is 2. The van der Waals surface area contributed by atoms with Crippen molar-refractivity contribution in [2.24, 2.45) is 11.8 Å². The monoisotopic (exact) mass is 284 g/mol. The number of carbonyl (C=O) groups excluding carboxylic acids is 2. The maximum atomic E-state index is 12.7. The third-order valence-corrected chi connectivity index (χ3v) is 4.48. The van der Waals surface area contributed by atoms with Crippen LogP contribution < -0.4 is 4.74 Å². The molecule has 0 bridgehead atoms. The molecule has 3 aliphatic rings. The molecule has 0 amide bonds. The SMILES string of the molecule is CC1(C)Oc2cccc3c2[C@@H](O1)[C@H]1C(=O)C=CC[C@H]1C3=O. The molecular weight excluding hydrogens is 268 g/mol. The van der Waals surface area contributed by atoms with Crippen LogP contribution in [0.1, 0.15) is 42.3 Å². The van der Waals surface area contributed by atoms with Crippen molar-refractivity contribution in [3.05, 3.63) is 41.5 Å².